The van der Waals surface area contributed by atoms with Crippen molar-refractivity contribution in [2.75, 3.05) is 0 Å². The summed E-state index contributed by atoms with van der Waals surface area (Å²) in [6.07, 6.45) is 7.54. The van der Waals surface area contributed by atoms with Crippen LogP contribution >= 0.6 is 0 Å². The average Bonchev–Trinajstić information content (AvgIpc) is 2.52. The lowest BCUT2D eigenvalue weighted by molar-refractivity contribution is 0.492. The van der Waals surface area contributed by atoms with E-state index in [1.54, 1.807) is 0 Å². The summed E-state index contributed by atoms with van der Waals surface area (Å²) in [5.41, 5.74) is 2.41. The summed E-state index contributed by atoms with van der Waals surface area (Å²) in [5.74, 6) is 0.766. The molecule has 0 saturated carbocycles. The highest BCUT2D eigenvalue weighted by molar-refractivity contribution is 5.09. The molecule has 72 valence electrons. The van der Waals surface area contributed by atoms with Crippen LogP contribution in [0.15, 0.2) is 0 Å². The van der Waals surface area contributed by atoms with Crippen molar-refractivity contribution >= 4 is 0 Å². The van der Waals surface area contributed by atoms with Crippen molar-refractivity contribution in [1.82, 2.24) is 15.4 Å². The van der Waals surface area contributed by atoms with Crippen molar-refractivity contribution in [3.63, 3.8) is 0 Å². The monoisotopic (exact) mass is 179 g/mol. The van der Waals surface area contributed by atoms with E-state index >= 15 is 0 Å². The molecule has 0 fully saturated rings. The summed E-state index contributed by atoms with van der Waals surface area (Å²) in [4.78, 5) is 0. The third kappa shape index (κ3) is 2.08. The highest BCUT2D eigenvalue weighted by Crippen LogP contribution is 2.19. The van der Waals surface area contributed by atoms with Crippen LogP contribution in [0.3, 0.4) is 0 Å². The Morgan fingerprint density at radius 2 is 2.00 bits per heavy atom. The number of aryl methyl sites for hydroxylation is 1. The van der Waals surface area contributed by atoms with Gasteiger partial charge in [0.1, 0.15) is 0 Å². The lowest BCUT2D eigenvalue weighted by atomic mass is 9.99. The normalized spacial score (nSPS) is 24.2. The molecular formula is C10H17N3. The first-order valence-electron chi connectivity index (χ1n) is 5.25. The minimum absolute atomic E-state index is 0.766. The number of aromatic nitrogens is 3. The maximum absolute atomic E-state index is 4.21. The van der Waals surface area contributed by atoms with E-state index in [1.165, 1.54) is 37.1 Å². The van der Waals surface area contributed by atoms with Crippen LogP contribution < -0.4 is 0 Å². The average molecular weight is 179 g/mol. The first-order chi connectivity index (χ1) is 6.36. The van der Waals surface area contributed by atoms with E-state index < -0.39 is 0 Å². The molecule has 0 radical (unpaired) electrons. The van der Waals surface area contributed by atoms with E-state index in [1.807, 2.05) is 0 Å². The van der Waals surface area contributed by atoms with Gasteiger partial charge in [-0.3, -0.25) is 0 Å². The predicted molar refractivity (Wildman–Crippen MR) is 51.4 cm³/mol. The summed E-state index contributed by atoms with van der Waals surface area (Å²) in [6.45, 7) is 2.31. The van der Waals surface area contributed by atoms with Crippen LogP contribution in [0.25, 0.3) is 0 Å². The molecule has 3 heteroatoms. The third-order valence-corrected chi connectivity index (χ3v) is 2.86. The molecule has 0 aromatic carbocycles. The molecule has 0 amide bonds. The molecule has 0 aliphatic heterocycles. The molecule has 1 N–H and O–H groups in total. The highest BCUT2D eigenvalue weighted by Gasteiger charge is 2.13. The van der Waals surface area contributed by atoms with Gasteiger partial charge >= 0.3 is 0 Å². The standard InChI is InChI=1S/C10H17N3/c1-8-5-3-2-4-6-9-10(7-8)12-13-11-9/h8H,2-7H2,1H3,(H,11,12,13). The van der Waals surface area contributed by atoms with Gasteiger partial charge in [-0.05, 0) is 25.2 Å². The molecule has 1 aromatic heterocycles. The van der Waals surface area contributed by atoms with E-state index in [4.69, 9.17) is 0 Å². The fourth-order valence-corrected chi connectivity index (χ4v) is 2.03. The second kappa shape index (κ2) is 3.90. The largest absolute Gasteiger partial charge is 0.197 e. The van der Waals surface area contributed by atoms with E-state index in [2.05, 4.69) is 22.3 Å². The second-order valence-corrected chi connectivity index (χ2v) is 4.13. The van der Waals surface area contributed by atoms with Gasteiger partial charge in [0.2, 0.25) is 0 Å². The number of nitrogens with zero attached hydrogens (tertiary/aromatic N) is 2. The molecule has 2 rings (SSSR count). The molecular weight excluding hydrogens is 162 g/mol. The number of rotatable bonds is 0. The van der Waals surface area contributed by atoms with Gasteiger partial charge in [-0.1, -0.05) is 26.2 Å². The molecule has 1 aromatic rings. The SMILES string of the molecule is CC1CCCCCc2n[nH]nc2C1. The van der Waals surface area contributed by atoms with Crippen LogP contribution in [0.1, 0.15) is 44.0 Å². The van der Waals surface area contributed by atoms with Crippen molar-refractivity contribution < 1.29 is 0 Å². The van der Waals surface area contributed by atoms with Crippen LogP contribution in [-0.2, 0) is 12.8 Å². The van der Waals surface area contributed by atoms with Crippen molar-refractivity contribution in [2.45, 2.75) is 45.4 Å². The quantitative estimate of drug-likeness (QED) is 0.662. The van der Waals surface area contributed by atoms with Gasteiger partial charge in [0, 0.05) is 0 Å². The van der Waals surface area contributed by atoms with Gasteiger partial charge in [-0.15, -0.1) is 0 Å². The molecule has 1 aliphatic rings. The topological polar surface area (TPSA) is 41.6 Å². The van der Waals surface area contributed by atoms with Crippen molar-refractivity contribution in [1.29, 1.82) is 0 Å². The van der Waals surface area contributed by atoms with Gasteiger partial charge in [-0.25, -0.2) is 0 Å². The van der Waals surface area contributed by atoms with Gasteiger partial charge in [0.25, 0.3) is 0 Å². The fourth-order valence-electron chi connectivity index (χ4n) is 2.03. The summed E-state index contributed by atoms with van der Waals surface area (Å²) in [6, 6.07) is 0. The number of hydrogen-bond acceptors (Lipinski definition) is 2. The first kappa shape index (κ1) is 8.73. The fraction of sp³-hybridized carbons (Fsp3) is 0.800. The number of aromatic amines is 1. The lowest BCUT2D eigenvalue weighted by Crippen LogP contribution is -2.01. The number of nitrogens with one attached hydrogen (secondary N) is 1. The number of H-pyrrole nitrogens is 1. The zero-order valence-electron chi connectivity index (χ0n) is 8.21. The predicted octanol–water partition coefficient (Wildman–Crippen LogP) is 2.10. The van der Waals surface area contributed by atoms with Crippen molar-refractivity contribution in [3.05, 3.63) is 11.4 Å². The van der Waals surface area contributed by atoms with Crippen LogP contribution in [0.5, 0.6) is 0 Å². The Bertz CT molecular complexity index is 267. The van der Waals surface area contributed by atoms with Crippen LogP contribution in [-0.4, -0.2) is 15.4 Å². The summed E-state index contributed by atoms with van der Waals surface area (Å²) >= 11 is 0. The number of fused-ring (bicyclic) bond motifs is 1. The molecule has 1 atom stereocenters. The van der Waals surface area contributed by atoms with E-state index in [9.17, 15) is 0 Å². The zero-order valence-corrected chi connectivity index (χ0v) is 8.21. The van der Waals surface area contributed by atoms with Gasteiger partial charge < -0.3 is 0 Å². The molecule has 0 saturated heterocycles. The minimum atomic E-state index is 0.766. The Morgan fingerprint density at radius 3 is 2.92 bits per heavy atom. The summed E-state index contributed by atoms with van der Waals surface area (Å²) in [7, 11) is 0. The Hall–Kier alpha value is -0.860. The van der Waals surface area contributed by atoms with E-state index in [-0.39, 0.29) is 0 Å². The Kier molecular flexibility index (Phi) is 2.62. The molecule has 0 spiro atoms. The van der Waals surface area contributed by atoms with Gasteiger partial charge in [0.05, 0.1) is 11.4 Å². The van der Waals surface area contributed by atoms with Crippen LogP contribution in [0.2, 0.25) is 0 Å². The van der Waals surface area contributed by atoms with E-state index in [0.717, 1.165) is 18.8 Å². The highest BCUT2D eigenvalue weighted by atomic mass is 15.3. The Labute approximate surface area is 78.9 Å². The lowest BCUT2D eigenvalue weighted by Gasteiger charge is -2.06. The maximum Gasteiger partial charge on any atom is 0.0859 e. The molecule has 1 aliphatic carbocycles. The smallest absolute Gasteiger partial charge is 0.0859 e. The molecule has 3 nitrogen and oxygen atoms in total. The maximum atomic E-state index is 4.21. The molecule has 0 bridgehead atoms. The van der Waals surface area contributed by atoms with Crippen molar-refractivity contribution in [2.24, 2.45) is 5.92 Å². The molecule has 1 unspecified atom stereocenters. The molecule has 1 heterocycles. The number of hydrogen-bond donors (Lipinski definition) is 1. The van der Waals surface area contributed by atoms with Gasteiger partial charge in [0.15, 0.2) is 0 Å². The van der Waals surface area contributed by atoms with E-state index in [0.29, 0.717) is 0 Å². The van der Waals surface area contributed by atoms with Crippen molar-refractivity contribution in [3.8, 4) is 0 Å². The van der Waals surface area contributed by atoms with Crippen LogP contribution in [0, 0.1) is 5.92 Å². The Balaban J connectivity index is 2.14. The summed E-state index contributed by atoms with van der Waals surface area (Å²) in [5, 5.41) is 11.1. The first-order valence-corrected chi connectivity index (χ1v) is 5.25. The third-order valence-electron chi connectivity index (χ3n) is 2.86. The van der Waals surface area contributed by atoms with Crippen LogP contribution in [0.4, 0.5) is 0 Å². The Morgan fingerprint density at radius 1 is 1.15 bits per heavy atom. The minimum Gasteiger partial charge on any atom is -0.197 e. The summed E-state index contributed by atoms with van der Waals surface area (Å²) < 4.78 is 0. The van der Waals surface area contributed by atoms with Gasteiger partial charge in [-0.2, -0.15) is 15.4 Å². The molecule has 13 heavy (non-hydrogen) atoms. The second-order valence-electron chi connectivity index (χ2n) is 4.13. The zero-order chi connectivity index (χ0) is 9.10.